The van der Waals surface area contributed by atoms with Crippen LogP contribution in [0.15, 0.2) is 36.7 Å². The molecule has 144 valence electrons. The highest BCUT2D eigenvalue weighted by molar-refractivity contribution is 5.78. The van der Waals surface area contributed by atoms with Gasteiger partial charge in [-0.25, -0.2) is 9.97 Å². The van der Waals surface area contributed by atoms with Crippen molar-refractivity contribution in [1.82, 2.24) is 20.2 Å². The van der Waals surface area contributed by atoms with Crippen LogP contribution in [0, 0.1) is 13.8 Å². The molecule has 0 aliphatic carbocycles. The van der Waals surface area contributed by atoms with Crippen LogP contribution in [0.25, 0.3) is 0 Å². The molecule has 1 aliphatic heterocycles. The lowest BCUT2D eigenvalue weighted by molar-refractivity contribution is -0.122. The Bertz CT molecular complexity index is 736. The third kappa shape index (κ3) is 5.50. The van der Waals surface area contributed by atoms with Gasteiger partial charge in [-0.3, -0.25) is 9.69 Å². The maximum Gasteiger partial charge on any atom is 0.234 e. The number of nitrogens with one attached hydrogen (secondary N) is 1. The van der Waals surface area contributed by atoms with Gasteiger partial charge in [0.2, 0.25) is 11.9 Å². The van der Waals surface area contributed by atoms with Crippen molar-refractivity contribution >= 4 is 11.9 Å². The Labute approximate surface area is 161 Å². The van der Waals surface area contributed by atoms with E-state index in [1.807, 2.05) is 19.3 Å². The monoisotopic (exact) mass is 367 g/mol. The summed E-state index contributed by atoms with van der Waals surface area (Å²) in [5, 5.41) is 3.02. The van der Waals surface area contributed by atoms with Crippen molar-refractivity contribution in [2.45, 2.75) is 39.3 Å². The average molecular weight is 367 g/mol. The van der Waals surface area contributed by atoms with Crippen molar-refractivity contribution in [1.29, 1.82) is 0 Å². The van der Waals surface area contributed by atoms with Crippen LogP contribution in [0.5, 0.6) is 0 Å². The number of likely N-dealkylation sites (tertiary alicyclic amines) is 1. The number of aromatic nitrogens is 2. The summed E-state index contributed by atoms with van der Waals surface area (Å²) in [4.78, 5) is 25.5. The first-order valence-corrected chi connectivity index (χ1v) is 9.57. The van der Waals surface area contributed by atoms with Crippen molar-refractivity contribution in [3.05, 3.63) is 53.3 Å². The fraction of sp³-hybridized carbons (Fsp3) is 0.476. The SMILES string of the molecule is Cc1ccc(CNC(=O)CN2CCC(N(C)c3ncc(C)cn3)CC2)cc1. The van der Waals surface area contributed by atoms with E-state index in [2.05, 4.69) is 63.3 Å². The van der Waals surface area contributed by atoms with E-state index < -0.39 is 0 Å². The molecule has 0 saturated carbocycles. The Morgan fingerprint density at radius 1 is 1.11 bits per heavy atom. The summed E-state index contributed by atoms with van der Waals surface area (Å²) in [6.45, 7) is 6.94. The second kappa shape index (κ2) is 8.95. The van der Waals surface area contributed by atoms with Crippen LogP contribution in [0.3, 0.4) is 0 Å². The van der Waals surface area contributed by atoms with Crippen molar-refractivity contribution in [2.24, 2.45) is 0 Å². The zero-order valence-electron chi connectivity index (χ0n) is 16.5. The molecule has 1 fully saturated rings. The van der Waals surface area contributed by atoms with Gasteiger partial charge < -0.3 is 10.2 Å². The molecule has 1 aromatic carbocycles. The molecule has 27 heavy (non-hydrogen) atoms. The van der Waals surface area contributed by atoms with E-state index >= 15 is 0 Å². The molecule has 1 aliphatic rings. The van der Waals surface area contributed by atoms with Crippen molar-refractivity contribution in [3.63, 3.8) is 0 Å². The second-order valence-corrected chi connectivity index (χ2v) is 7.44. The molecular weight excluding hydrogens is 338 g/mol. The normalized spacial score (nSPS) is 15.5. The lowest BCUT2D eigenvalue weighted by Crippen LogP contribution is -2.47. The van der Waals surface area contributed by atoms with Crippen molar-refractivity contribution in [2.75, 3.05) is 31.6 Å². The average Bonchev–Trinajstić information content (AvgIpc) is 2.68. The molecular formula is C21H29N5O. The quantitative estimate of drug-likeness (QED) is 0.849. The Morgan fingerprint density at radius 2 is 1.74 bits per heavy atom. The second-order valence-electron chi connectivity index (χ2n) is 7.44. The topological polar surface area (TPSA) is 61.4 Å². The maximum absolute atomic E-state index is 12.2. The van der Waals surface area contributed by atoms with E-state index in [9.17, 15) is 4.79 Å². The van der Waals surface area contributed by atoms with Crippen molar-refractivity contribution < 1.29 is 4.79 Å². The van der Waals surface area contributed by atoms with Crippen molar-refractivity contribution in [3.8, 4) is 0 Å². The van der Waals surface area contributed by atoms with Gasteiger partial charge in [0.15, 0.2) is 0 Å². The van der Waals surface area contributed by atoms with Gasteiger partial charge in [0.1, 0.15) is 0 Å². The minimum atomic E-state index is 0.0873. The Balaban J connectivity index is 1.41. The van der Waals surface area contributed by atoms with Crippen LogP contribution in [0.2, 0.25) is 0 Å². The Kier molecular flexibility index (Phi) is 6.40. The zero-order chi connectivity index (χ0) is 19.2. The number of nitrogens with zero attached hydrogens (tertiary/aromatic N) is 4. The lowest BCUT2D eigenvalue weighted by Gasteiger charge is -2.36. The fourth-order valence-electron chi connectivity index (χ4n) is 3.36. The predicted molar refractivity (Wildman–Crippen MR) is 108 cm³/mol. The predicted octanol–water partition coefficient (Wildman–Crippen LogP) is 2.31. The molecule has 2 heterocycles. The largest absolute Gasteiger partial charge is 0.351 e. The van der Waals surface area contributed by atoms with Gasteiger partial charge in [-0.05, 0) is 37.8 Å². The molecule has 3 rings (SSSR count). The van der Waals surface area contributed by atoms with E-state index in [4.69, 9.17) is 0 Å². The van der Waals surface area contributed by atoms with Gasteiger partial charge in [-0.1, -0.05) is 29.8 Å². The zero-order valence-corrected chi connectivity index (χ0v) is 16.5. The number of amides is 1. The number of carbonyl (C=O) groups excluding carboxylic acids is 1. The number of benzene rings is 1. The van der Waals surface area contributed by atoms with Crippen LogP contribution < -0.4 is 10.2 Å². The summed E-state index contributed by atoms with van der Waals surface area (Å²) in [7, 11) is 2.05. The number of carbonyl (C=O) groups is 1. The third-order valence-corrected chi connectivity index (χ3v) is 5.17. The minimum absolute atomic E-state index is 0.0873. The van der Waals surface area contributed by atoms with E-state index in [0.29, 0.717) is 19.1 Å². The minimum Gasteiger partial charge on any atom is -0.351 e. The van der Waals surface area contributed by atoms with Gasteiger partial charge in [0, 0.05) is 45.1 Å². The molecule has 6 heteroatoms. The summed E-state index contributed by atoms with van der Waals surface area (Å²) in [5.74, 6) is 0.860. The van der Waals surface area contributed by atoms with Crippen LogP contribution >= 0.6 is 0 Å². The number of hydrogen-bond acceptors (Lipinski definition) is 5. The Hall–Kier alpha value is -2.47. The molecule has 1 saturated heterocycles. The van der Waals surface area contributed by atoms with Crippen LogP contribution in [-0.4, -0.2) is 53.5 Å². The molecule has 0 atom stereocenters. The molecule has 1 N–H and O–H groups in total. The van der Waals surface area contributed by atoms with Crippen LogP contribution in [0.4, 0.5) is 5.95 Å². The lowest BCUT2D eigenvalue weighted by atomic mass is 10.0. The smallest absolute Gasteiger partial charge is 0.234 e. The fourth-order valence-corrected chi connectivity index (χ4v) is 3.36. The highest BCUT2D eigenvalue weighted by Crippen LogP contribution is 2.19. The number of rotatable bonds is 6. The van der Waals surface area contributed by atoms with E-state index in [1.165, 1.54) is 5.56 Å². The molecule has 1 amide bonds. The van der Waals surface area contributed by atoms with E-state index in [0.717, 1.165) is 43.0 Å². The third-order valence-electron chi connectivity index (χ3n) is 5.17. The van der Waals surface area contributed by atoms with Crippen LogP contribution in [0.1, 0.15) is 29.5 Å². The van der Waals surface area contributed by atoms with Gasteiger partial charge in [0.25, 0.3) is 0 Å². The first kappa shape index (κ1) is 19.3. The molecule has 6 nitrogen and oxygen atoms in total. The molecule has 2 aromatic rings. The summed E-state index contributed by atoms with van der Waals surface area (Å²) in [6, 6.07) is 8.68. The molecule has 1 aromatic heterocycles. The van der Waals surface area contributed by atoms with Gasteiger partial charge in [-0.15, -0.1) is 0 Å². The molecule has 0 radical (unpaired) electrons. The number of hydrogen-bond donors (Lipinski definition) is 1. The summed E-state index contributed by atoms with van der Waals surface area (Å²) in [5.41, 5.74) is 3.43. The molecule has 0 bridgehead atoms. The molecule has 0 unspecified atom stereocenters. The summed E-state index contributed by atoms with van der Waals surface area (Å²) in [6.07, 6.45) is 5.73. The number of anilines is 1. The van der Waals surface area contributed by atoms with Gasteiger partial charge in [-0.2, -0.15) is 0 Å². The van der Waals surface area contributed by atoms with Crippen LogP contribution in [-0.2, 0) is 11.3 Å². The van der Waals surface area contributed by atoms with Gasteiger partial charge in [0.05, 0.1) is 6.54 Å². The maximum atomic E-state index is 12.2. The Morgan fingerprint density at radius 3 is 2.37 bits per heavy atom. The highest BCUT2D eigenvalue weighted by Gasteiger charge is 2.24. The number of piperidine rings is 1. The van der Waals surface area contributed by atoms with Gasteiger partial charge >= 0.3 is 0 Å². The highest BCUT2D eigenvalue weighted by atomic mass is 16.2. The standard InChI is InChI=1S/C21H29N5O/c1-16-4-6-18(7-5-16)14-22-20(27)15-26-10-8-19(9-11-26)25(3)21-23-12-17(2)13-24-21/h4-7,12-13,19H,8-11,14-15H2,1-3H3,(H,22,27). The number of aryl methyl sites for hydroxylation is 2. The van der Waals surface area contributed by atoms with E-state index in [1.54, 1.807) is 0 Å². The first-order valence-electron chi connectivity index (χ1n) is 9.57. The summed E-state index contributed by atoms with van der Waals surface area (Å²) >= 11 is 0. The van der Waals surface area contributed by atoms with E-state index in [-0.39, 0.29) is 5.91 Å². The molecule has 0 spiro atoms. The first-order chi connectivity index (χ1) is 13.0. The summed E-state index contributed by atoms with van der Waals surface area (Å²) < 4.78 is 0.